The van der Waals surface area contributed by atoms with Crippen molar-refractivity contribution in [2.24, 2.45) is 0 Å². The second kappa shape index (κ2) is 17.0. The van der Waals surface area contributed by atoms with Crippen LogP contribution in [0.5, 0.6) is 0 Å². The quantitative estimate of drug-likeness (QED) is 0.130. The molecule has 0 aliphatic rings. The Morgan fingerprint density at radius 3 is 1.19 bits per heavy atom. The van der Waals surface area contributed by atoms with Gasteiger partial charge in [0.05, 0.1) is 23.0 Å². The van der Waals surface area contributed by atoms with Gasteiger partial charge in [-0.15, -0.1) is 57.9 Å². The summed E-state index contributed by atoms with van der Waals surface area (Å²) in [6.45, 7) is 21.4. The zero-order valence-corrected chi connectivity index (χ0v) is 37.9. The van der Waals surface area contributed by atoms with Gasteiger partial charge in [0.15, 0.2) is 0 Å². The Balaban J connectivity index is 0.000000160. The van der Waals surface area contributed by atoms with Crippen molar-refractivity contribution in [3.8, 4) is 44.9 Å². The van der Waals surface area contributed by atoms with E-state index < -0.39 is 18.0 Å². The van der Waals surface area contributed by atoms with Crippen LogP contribution in [0.1, 0.15) is 44.9 Å². The SMILES string of the molecule is C[Si](C)=[Zr]([Cl])[Cl].Cc1ccc(C)c(-c2c(C)ccc3[cH-]c(-c4ccc(C)o4)cc23)c1.Cc1ccc(C)c(-c2c(C)ccc3[cH-]c(-c4ccc(C)o4)cc23)c1. The van der Waals surface area contributed by atoms with Gasteiger partial charge in [-0.3, -0.25) is 0 Å². The fourth-order valence-electron chi connectivity index (χ4n) is 6.97. The smallest absolute Gasteiger partial charge is 0.0896 e. The minimum Gasteiger partial charge on any atom is -0.496 e. The van der Waals surface area contributed by atoms with Crippen LogP contribution in [-0.4, -0.2) is 5.43 Å². The van der Waals surface area contributed by atoms with Gasteiger partial charge in [0.1, 0.15) is 0 Å². The van der Waals surface area contributed by atoms with Crippen LogP contribution in [0.3, 0.4) is 0 Å². The fourth-order valence-corrected chi connectivity index (χ4v) is 6.97. The predicted octanol–water partition coefficient (Wildman–Crippen LogP) is 15.6. The molecule has 54 heavy (non-hydrogen) atoms. The molecule has 0 amide bonds. The van der Waals surface area contributed by atoms with Crippen LogP contribution in [-0.2, 0) is 18.0 Å². The van der Waals surface area contributed by atoms with Crippen molar-refractivity contribution in [1.82, 2.24) is 0 Å². The largest absolute Gasteiger partial charge is 0.496 e. The first kappa shape index (κ1) is 40.0. The Morgan fingerprint density at radius 2 is 0.852 bits per heavy atom. The molecule has 8 aromatic rings. The number of hydrogen-bond donors (Lipinski definition) is 0. The molecule has 8 rings (SSSR count). The van der Waals surface area contributed by atoms with Crippen molar-refractivity contribution in [3.63, 3.8) is 0 Å². The van der Waals surface area contributed by atoms with Crippen LogP contribution < -0.4 is 0 Å². The summed E-state index contributed by atoms with van der Waals surface area (Å²) in [6.07, 6.45) is 0. The molecule has 0 unspecified atom stereocenters. The first-order valence-electron chi connectivity index (χ1n) is 18.4. The van der Waals surface area contributed by atoms with Gasteiger partial charge in [-0.05, 0) is 113 Å². The number of benzene rings is 4. The molecule has 276 valence electrons. The molecule has 0 fully saturated rings. The summed E-state index contributed by atoms with van der Waals surface area (Å²) >= 11 is -1.65. The number of rotatable bonds is 4. The molecule has 0 saturated heterocycles. The van der Waals surface area contributed by atoms with E-state index in [2.05, 4.69) is 140 Å². The van der Waals surface area contributed by atoms with Crippen molar-refractivity contribution in [2.75, 3.05) is 0 Å². The van der Waals surface area contributed by atoms with Gasteiger partial charge < -0.3 is 8.83 Å². The maximum Gasteiger partial charge on any atom is 0.0896 e. The molecule has 0 saturated carbocycles. The molecular weight excluding hydrogens is 799 g/mol. The maximum atomic E-state index is 5.82. The number of hydrogen-bond acceptors (Lipinski definition) is 2. The van der Waals surface area contributed by atoms with E-state index in [9.17, 15) is 0 Å². The Bertz CT molecular complexity index is 2460. The third-order valence-electron chi connectivity index (χ3n) is 9.95. The average molecular weight is 847 g/mol. The molecule has 6 heteroatoms. The molecule has 0 aliphatic heterocycles. The number of furan rings is 2. The van der Waals surface area contributed by atoms with E-state index in [4.69, 9.17) is 25.9 Å². The number of halogens is 2. The van der Waals surface area contributed by atoms with Gasteiger partial charge >= 0.3 is 53.5 Å². The molecule has 2 nitrogen and oxygen atoms in total. The summed E-state index contributed by atoms with van der Waals surface area (Å²) in [7, 11) is 11.2. The number of fused-ring (bicyclic) bond motifs is 2. The second-order valence-corrected chi connectivity index (χ2v) is 37.7. The van der Waals surface area contributed by atoms with E-state index in [1.807, 2.05) is 38.1 Å². The molecule has 6 aromatic carbocycles. The molecule has 0 bridgehead atoms. The summed E-state index contributed by atoms with van der Waals surface area (Å²) < 4.78 is 11.6. The fraction of sp³-hybridized carbons (Fsp3) is 0.208. The first-order chi connectivity index (χ1) is 25.7. The Labute approximate surface area is 335 Å². The monoisotopic (exact) mass is 844 g/mol. The molecule has 2 aromatic heterocycles. The average Bonchev–Trinajstić information content (AvgIpc) is 3.94. The van der Waals surface area contributed by atoms with Crippen molar-refractivity contribution in [2.45, 2.75) is 68.5 Å². The minimum absolute atomic E-state index is 0.224. The van der Waals surface area contributed by atoms with Gasteiger partial charge in [0.25, 0.3) is 0 Å². The molecular formula is C48H48Cl2O2SiZr-2. The summed E-state index contributed by atoms with van der Waals surface area (Å²) in [5.41, 5.74) is 15.2. The molecule has 0 spiro atoms. The van der Waals surface area contributed by atoms with Crippen molar-refractivity contribution in [1.29, 1.82) is 0 Å². The second-order valence-electron chi connectivity index (χ2n) is 14.7. The van der Waals surface area contributed by atoms with Crippen LogP contribution in [0.25, 0.3) is 66.4 Å². The van der Waals surface area contributed by atoms with E-state index in [0.29, 0.717) is 0 Å². The molecule has 0 atom stereocenters. The molecule has 0 aliphatic carbocycles. The summed E-state index contributed by atoms with van der Waals surface area (Å²) in [4.78, 5) is 0. The van der Waals surface area contributed by atoms with Crippen molar-refractivity contribution in [3.05, 3.63) is 154 Å². The van der Waals surface area contributed by atoms with E-state index in [1.54, 1.807) is 0 Å². The topological polar surface area (TPSA) is 26.3 Å². The van der Waals surface area contributed by atoms with E-state index >= 15 is 0 Å². The van der Waals surface area contributed by atoms with Crippen LogP contribution in [0.15, 0.2) is 118 Å². The predicted molar refractivity (Wildman–Crippen MR) is 232 cm³/mol. The first-order valence-corrected chi connectivity index (χ1v) is 30.9. The van der Waals surface area contributed by atoms with Crippen molar-refractivity contribution >= 4 is 44.0 Å². The maximum absolute atomic E-state index is 5.82. The van der Waals surface area contributed by atoms with E-state index in [-0.39, 0.29) is 5.43 Å². The summed E-state index contributed by atoms with van der Waals surface area (Å²) in [6, 6.07) is 39.3. The Kier molecular flexibility index (Phi) is 12.6. The van der Waals surface area contributed by atoms with E-state index in [1.165, 1.54) is 77.2 Å². The van der Waals surface area contributed by atoms with Crippen LogP contribution >= 0.6 is 17.0 Å². The van der Waals surface area contributed by atoms with Crippen LogP contribution in [0.2, 0.25) is 13.1 Å². The zero-order valence-electron chi connectivity index (χ0n) is 33.0. The minimum atomic E-state index is -1.65. The Morgan fingerprint density at radius 1 is 0.481 bits per heavy atom. The van der Waals surface area contributed by atoms with Crippen LogP contribution in [0, 0.1) is 55.4 Å². The van der Waals surface area contributed by atoms with Gasteiger partial charge in [0.2, 0.25) is 0 Å². The third kappa shape index (κ3) is 8.90. The van der Waals surface area contributed by atoms with Gasteiger partial charge in [-0.2, -0.15) is 0 Å². The molecule has 0 radical (unpaired) electrons. The molecule has 0 N–H and O–H groups in total. The van der Waals surface area contributed by atoms with E-state index in [0.717, 1.165) is 34.2 Å². The van der Waals surface area contributed by atoms with Gasteiger partial charge in [0, 0.05) is 0 Å². The van der Waals surface area contributed by atoms with Crippen molar-refractivity contribution < 1.29 is 26.8 Å². The van der Waals surface area contributed by atoms with Gasteiger partial charge in [-0.25, -0.2) is 0 Å². The zero-order chi connectivity index (χ0) is 38.8. The third-order valence-corrected chi connectivity index (χ3v) is 29.7. The van der Waals surface area contributed by atoms with Gasteiger partial charge in [-0.1, -0.05) is 81.9 Å². The standard InChI is InChI=1S/2C23H21O.C2H6Si.2ClH.Zr/c2*1-14-5-6-15(2)20(11-14)23-16(3)7-9-18-12-19(13-21(18)23)22-10-8-17(4)24-22;1-3-2;;;/h2*5-13H,1-4H3;1-2H3;2*1H;/q2*-1;;;;+2/p-2. The summed E-state index contributed by atoms with van der Waals surface area (Å²) in [5.74, 6) is 3.77. The summed E-state index contributed by atoms with van der Waals surface area (Å²) in [5, 5.41) is 5.13. The Hall–Kier alpha value is -3.66. The number of aryl methyl sites for hydroxylation is 8. The van der Waals surface area contributed by atoms with Crippen LogP contribution in [0.4, 0.5) is 0 Å². The normalized spacial score (nSPS) is 11.0. The molecule has 2 heterocycles.